The molecule has 0 spiro atoms. The summed E-state index contributed by atoms with van der Waals surface area (Å²) in [6.45, 7) is 0. The highest BCUT2D eigenvalue weighted by molar-refractivity contribution is 6.32. The van der Waals surface area contributed by atoms with E-state index in [4.69, 9.17) is 16.3 Å². The van der Waals surface area contributed by atoms with E-state index in [1.807, 2.05) is 12.1 Å². The lowest BCUT2D eigenvalue weighted by Gasteiger charge is -2.04. The summed E-state index contributed by atoms with van der Waals surface area (Å²) in [7, 11) is 1.37. The Hall–Kier alpha value is -1.94. The van der Waals surface area contributed by atoms with E-state index in [9.17, 15) is 4.79 Å². The molecule has 0 aliphatic heterocycles. The molecule has 90 valence electrons. The van der Waals surface area contributed by atoms with E-state index < -0.39 is 0 Å². The van der Waals surface area contributed by atoms with Crippen molar-refractivity contribution in [2.45, 2.75) is 6.42 Å². The molecule has 1 aromatic heterocycles. The number of aromatic nitrogens is 2. The summed E-state index contributed by atoms with van der Waals surface area (Å²) < 4.78 is 4.70. The third-order valence-corrected chi connectivity index (χ3v) is 3.32. The second kappa shape index (κ2) is 4.07. The Bertz CT molecular complexity index is 655. The highest BCUT2D eigenvalue weighted by atomic mass is 35.5. The number of hydrogen-bond acceptors (Lipinski definition) is 4. The molecule has 1 heterocycles. The fraction of sp³-hybridized carbons (Fsp3) is 0.154. The first-order valence-corrected chi connectivity index (χ1v) is 5.79. The van der Waals surface area contributed by atoms with Gasteiger partial charge in [-0.1, -0.05) is 17.7 Å². The van der Waals surface area contributed by atoms with Gasteiger partial charge in [0.2, 0.25) is 0 Å². The standard InChI is InChI=1S/C13H9ClN2O2/c1-18-13(17)7-2-3-9-8(4-7)5-10-11(9)12(14)16-6-15-10/h2-4,6H,5H2,1H3. The Balaban J connectivity index is 2.14. The molecular formula is C13H9ClN2O2. The van der Waals surface area contributed by atoms with Gasteiger partial charge < -0.3 is 4.74 Å². The van der Waals surface area contributed by atoms with Crippen LogP contribution < -0.4 is 0 Å². The highest BCUT2D eigenvalue weighted by Gasteiger charge is 2.24. The van der Waals surface area contributed by atoms with Gasteiger partial charge in [0.25, 0.3) is 0 Å². The first-order valence-electron chi connectivity index (χ1n) is 5.41. The third kappa shape index (κ3) is 1.57. The minimum atomic E-state index is -0.342. The molecule has 1 aliphatic rings. The fourth-order valence-corrected chi connectivity index (χ4v) is 2.46. The molecule has 0 amide bonds. The van der Waals surface area contributed by atoms with Gasteiger partial charge in [-0.3, -0.25) is 0 Å². The van der Waals surface area contributed by atoms with Gasteiger partial charge in [-0.25, -0.2) is 14.8 Å². The van der Waals surface area contributed by atoms with Crippen LogP contribution in [0.5, 0.6) is 0 Å². The topological polar surface area (TPSA) is 52.1 Å². The largest absolute Gasteiger partial charge is 0.465 e. The minimum Gasteiger partial charge on any atom is -0.465 e. The van der Waals surface area contributed by atoms with E-state index in [2.05, 4.69) is 9.97 Å². The summed E-state index contributed by atoms with van der Waals surface area (Å²) in [5.41, 5.74) is 4.31. The minimum absolute atomic E-state index is 0.342. The van der Waals surface area contributed by atoms with Crippen molar-refractivity contribution in [1.29, 1.82) is 0 Å². The van der Waals surface area contributed by atoms with Gasteiger partial charge in [-0.15, -0.1) is 0 Å². The Morgan fingerprint density at radius 3 is 3.00 bits per heavy atom. The van der Waals surface area contributed by atoms with Gasteiger partial charge in [-0.2, -0.15) is 0 Å². The number of rotatable bonds is 1. The lowest BCUT2D eigenvalue weighted by molar-refractivity contribution is 0.0600. The first kappa shape index (κ1) is 11.2. The maximum atomic E-state index is 11.5. The smallest absolute Gasteiger partial charge is 0.337 e. The average Bonchev–Trinajstić information content (AvgIpc) is 2.76. The summed E-state index contributed by atoms with van der Waals surface area (Å²) in [4.78, 5) is 19.7. The number of halogens is 1. The molecule has 2 aromatic rings. The molecule has 0 atom stereocenters. The molecule has 3 rings (SSSR count). The number of ether oxygens (including phenoxy) is 1. The second-order valence-corrected chi connectivity index (χ2v) is 4.38. The van der Waals surface area contributed by atoms with Crippen LogP contribution in [0.1, 0.15) is 21.6 Å². The number of carbonyl (C=O) groups excluding carboxylic acids is 1. The van der Waals surface area contributed by atoms with Gasteiger partial charge in [0, 0.05) is 12.0 Å². The predicted octanol–water partition coefficient (Wildman–Crippen LogP) is 2.49. The van der Waals surface area contributed by atoms with Crippen LogP contribution in [-0.4, -0.2) is 23.0 Å². The maximum Gasteiger partial charge on any atom is 0.337 e. The van der Waals surface area contributed by atoms with Gasteiger partial charge in [0.05, 0.1) is 18.4 Å². The van der Waals surface area contributed by atoms with E-state index in [0.29, 0.717) is 17.1 Å². The molecule has 0 saturated heterocycles. The zero-order valence-electron chi connectivity index (χ0n) is 9.61. The number of nitrogens with zero attached hydrogens (tertiary/aromatic N) is 2. The Morgan fingerprint density at radius 1 is 1.39 bits per heavy atom. The molecule has 0 saturated carbocycles. The molecule has 0 unspecified atom stereocenters. The summed E-state index contributed by atoms with van der Waals surface area (Å²) in [5, 5.41) is 0.449. The number of methoxy groups -OCH3 is 1. The van der Waals surface area contributed by atoms with Gasteiger partial charge in [-0.05, 0) is 23.3 Å². The maximum absolute atomic E-state index is 11.5. The van der Waals surface area contributed by atoms with Gasteiger partial charge >= 0.3 is 5.97 Å². The van der Waals surface area contributed by atoms with Crippen molar-refractivity contribution in [2.24, 2.45) is 0 Å². The number of fused-ring (bicyclic) bond motifs is 3. The molecule has 0 N–H and O–H groups in total. The fourth-order valence-electron chi connectivity index (χ4n) is 2.21. The van der Waals surface area contributed by atoms with Crippen LogP contribution in [0.15, 0.2) is 24.5 Å². The van der Waals surface area contributed by atoms with E-state index in [0.717, 1.165) is 22.4 Å². The molecule has 0 fully saturated rings. The molecule has 5 heteroatoms. The van der Waals surface area contributed by atoms with E-state index >= 15 is 0 Å². The number of benzene rings is 1. The van der Waals surface area contributed by atoms with Crippen LogP contribution in [0, 0.1) is 0 Å². The van der Waals surface area contributed by atoms with Crippen LogP contribution in [0.2, 0.25) is 5.15 Å². The van der Waals surface area contributed by atoms with Crippen molar-refractivity contribution in [1.82, 2.24) is 9.97 Å². The van der Waals surface area contributed by atoms with Crippen LogP contribution >= 0.6 is 11.6 Å². The molecule has 4 nitrogen and oxygen atoms in total. The van der Waals surface area contributed by atoms with Crippen molar-refractivity contribution in [3.05, 3.63) is 46.5 Å². The normalized spacial score (nSPS) is 11.9. The van der Waals surface area contributed by atoms with Crippen LogP contribution in [0.3, 0.4) is 0 Å². The molecule has 18 heavy (non-hydrogen) atoms. The van der Waals surface area contributed by atoms with E-state index in [1.165, 1.54) is 13.4 Å². The molecule has 1 aliphatic carbocycles. The van der Waals surface area contributed by atoms with Gasteiger partial charge in [0.15, 0.2) is 0 Å². The highest BCUT2D eigenvalue weighted by Crippen LogP contribution is 2.39. The van der Waals surface area contributed by atoms with Crippen molar-refractivity contribution < 1.29 is 9.53 Å². The Morgan fingerprint density at radius 2 is 2.22 bits per heavy atom. The molecular weight excluding hydrogens is 252 g/mol. The number of carbonyl (C=O) groups is 1. The zero-order chi connectivity index (χ0) is 12.7. The summed E-state index contributed by atoms with van der Waals surface area (Å²) in [6.07, 6.45) is 2.12. The quantitative estimate of drug-likeness (QED) is 0.498. The predicted molar refractivity (Wildman–Crippen MR) is 66.6 cm³/mol. The second-order valence-electron chi connectivity index (χ2n) is 4.03. The van der Waals surface area contributed by atoms with E-state index in [1.54, 1.807) is 6.07 Å². The van der Waals surface area contributed by atoms with Crippen LogP contribution in [0.4, 0.5) is 0 Å². The number of esters is 1. The van der Waals surface area contributed by atoms with Crippen LogP contribution in [-0.2, 0) is 11.2 Å². The van der Waals surface area contributed by atoms with Gasteiger partial charge in [0.1, 0.15) is 11.5 Å². The molecule has 1 aromatic carbocycles. The first-order chi connectivity index (χ1) is 8.70. The number of hydrogen-bond donors (Lipinski definition) is 0. The monoisotopic (exact) mass is 260 g/mol. The molecule has 0 radical (unpaired) electrons. The lowest BCUT2D eigenvalue weighted by Crippen LogP contribution is -2.01. The Labute approximate surface area is 109 Å². The summed E-state index contributed by atoms with van der Waals surface area (Å²) in [5.74, 6) is -0.342. The lowest BCUT2D eigenvalue weighted by atomic mass is 10.0. The summed E-state index contributed by atoms with van der Waals surface area (Å²) >= 11 is 6.08. The third-order valence-electron chi connectivity index (χ3n) is 3.03. The zero-order valence-corrected chi connectivity index (χ0v) is 10.4. The Kier molecular flexibility index (Phi) is 2.52. The van der Waals surface area contributed by atoms with Crippen molar-refractivity contribution >= 4 is 17.6 Å². The molecule has 0 bridgehead atoms. The SMILES string of the molecule is COC(=O)c1ccc2c(c1)Cc1ncnc(Cl)c1-2. The van der Waals surface area contributed by atoms with Crippen molar-refractivity contribution in [3.63, 3.8) is 0 Å². The van der Waals surface area contributed by atoms with Crippen LogP contribution in [0.25, 0.3) is 11.1 Å². The van der Waals surface area contributed by atoms with Crippen molar-refractivity contribution in [3.8, 4) is 11.1 Å². The van der Waals surface area contributed by atoms with E-state index in [-0.39, 0.29) is 5.97 Å². The van der Waals surface area contributed by atoms with Crippen molar-refractivity contribution in [2.75, 3.05) is 7.11 Å². The summed E-state index contributed by atoms with van der Waals surface area (Å²) in [6, 6.07) is 5.41. The average molecular weight is 261 g/mol.